The van der Waals surface area contributed by atoms with Crippen molar-refractivity contribution < 1.29 is 18.9 Å². The van der Waals surface area contributed by atoms with Crippen molar-refractivity contribution in [2.24, 2.45) is 4.99 Å². The average Bonchev–Trinajstić information content (AvgIpc) is 3.19. The first kappa shape index (κ1) is 24.9. The Bertz CT molecular complexity index is 851. The van der Waals surface area contributed by atoms with Crippen molar-refractivity contribution in [1.29, 1.82) is 0 Å². The molecule has 1 atom stereocenters. The highest BCUT2D eigenvalue weighted by Gasteiger charge is 2.22. The van der Waals surface area contributed by atoms with Crippen LogP contribution in [-0.4, -0.2) is 53.0 Å². The van der Waals surface area contributed by atoms with Crippen LogP contribution >= 0.6 is 24.0 Å². The van der Waals surface area contributed by atoms with Crippen LogP contribution in [0.3, 0.4) is 0 Å². The zero-order chi connectivity index (χ0) is 21.3. The predicted octanol–water partition coefficient (Wildman–Crippen LogP) is 3.43. The molecule has 0 saturated carbocycles. The van der Waals surface area contributed by atoms with Gasteiger partial charge >= 0.3 is 0 Å². The minimum atomic E-state index is 0. The lowest BCUT2D eigenvalue weighted by Crippen LogP contribution is -2.39. The quantitative estimate of drug-likeness (QED) is 0.288. The largest absolute Gasteiger partial charge is 0.493 e. The topological polar surface area (TPSA) is 73.3 Å². The number of methoxy groups -OCH3 is 3. The first-order valence-corrected chi connectivity index (χ1v) is 10.2. The van der Waals surface area contributed by atoms with Gasteiger partial charge in [-0.05, 0) is 31.0 Å². The van der Waals surface area contributed by atoms with Gasteiger partial charge in [-0.1, -0.05) is 24.3 Å². The Balaban J connectivity index is 0.00000341. The maximum atomic E-state index is 5.98. The van der Waals surface area contributed by atoms with Crippen LogP contribution in [0.25, 0.3) is 0 Å². The van der Waals surface area contributed by atoms with E-state index in [9.17, 15) is 0 Å². The van der Waals surface area contributed by atoms with E-state index in [0.29, 0.717) is 30.3 Å². The predicted molar refractivity (Wildman–Crippen MR) is 134 cm³/mol. The Morgan fingerprint density at radius 3 is 2.48 bits per heavy atom. The summed E-state index contributed by atoms with van der Waals surface area (Å²) < 4.78 is 22.4. The number of hydrogen-bond donors (Lipinski definition) is 2. The Hall–Kier alpha value is -2.36. The Morgan fingerprint density at radius 2 is 1.81 bits per heavy atom. The van der Waals surface area contributed by atoms with Crippen LogP contribution in [-0.2, 0) is 12.8 Å². The molecular weight excluding hydrogens is 509 g/mol. The number of guanidine groups is 1. The third kappa shape index (κ3) is 6.32. The number of fused-ring (bicyclic) bond motifs is 1. The Labute approximate surface area is 201 Å². The first-order chi connectivity index (χ1) is 14.7. The summed E-state index contributed by atoms with van der Waals surface area (Å²) in [4.78, 5) is 4.71. The van der Waals surface area contributed by atoms with Crippen LogP contribution in [0.4, 0.5) is 0 Å². The number of nitrogens with zero attached hydrogens (tertiary/aromatic N) is 1. The molecule has 0 saturated heterocycles. The second-order valence-corrected chi connectivity index (χ2v) is 6.94. The van der Waals surface area contributed by atoms with Gasteiger partial charge in [-0.15, -0.1) is 24.0 Å². The second kappa shape index (κ2) is 12.5. The van der Waals surface area contributed by atoms with Gasteiger partial charge < -0.3 is 29.6 Å². The lowest BCUT2D eigenvalue weighted by molar-refractivity contribution is 0.241. The molecule has 1 aliphatic rings. The van der Waals surface area contributed by atoms with Crippen molar-refractivity contribution in [2.45, 2.75) is 25.9 Å². The fourth-order valence-corrected chi connectivity index (χ4v) is 3.57. The highest BCUT2D eigenvalue weighted by molar-refractivity contribution is 14.0. The normalized spacial score (nSPS) is 14.7. The molecule has 8 heteroatoms. The fourth-order valence-electron chi connectivity index (χ4n) is 3.57. The molecule has 7 nitrogen and oxygen atoms in total. The van der Waals surface area contributed by atoms with Gasteiger partial charge in [0.2, 0.25) is 5.75 Å². The van der Waals surface area contributed by atoms with E-state index in [1.54, 1.807) is 21.3 Å². The molecule has 1 aliphatic heterocycles. The lowest BCUT2D eigenvalue weighted by Gasteiger charge is -2.17. The van der Waals surface area contributed by atoms with E-state index in [1.807, 2.05) is 30.3 Å². The molecule has 0 aromatic heterocycles. The molecule has 1 heterocycles. The zero-order valence-corrected chi connectivity index (χ0v) is 20.9. The molecule has 0 amide bonds. The number of halogens is 1. The molecule has 0 spiro atoms. The number of benzene rings is 2. The van der Waals surface area contributed by atoms with E-state index in [4.69, 9.17) is 23.9 Å². The number of hydrogen-bond acceptors (Lipinski definition) is 5. The van der Waals surface area contributed by atoms with Crippen molar-refractivity contribution in [3.8, 4) is 23.0 Å². The summed E-state index contributed by atoms with van der Waals surface area (Å²) in [7, 11) is 4.87. The van der Waals surface area contributed by atoms with Gasteiger partial charge in [0.1, 0.15) is 11.9 Å². The molecule has 0 aliphatic carbocycles. The van der Waals surface area contributed by atoms with Crippen LogP contribution in [0.15, 0.2) is 41.4 Å². The summed E-state index contributed by atoms with van der Waals surface area (Å²) in [6.45, 7) is 4.14. The summed E-state index contributed by atoms with van der Waals surface area (Å²) >= 11 is 0. The molecule has 0 bridgehead atoms. The zero-order valence-electron chi connectivity index (χ0n) is 18.6. The van der Waals surface area contributed by atoms with Gasteiger partial charge in [-0.2, -0.15) is 0 Å². The highest BCUT2D eigenvalue weighted by atomic mass is 127. The van der Waals surface area contributed by atoms with Crippen LogP contribution in [0.1, 0.15) is 18.1 Å². The molecule has 31 heavy (non-hydrogen) atoms. The van der Waals surface area contributed by atoms with E-state index in [2.05, 4.69) is 23.6 Å². The SMILES string of the molecule is CCNC(=NCC1Cc2ccccc2O1)NCCc1ccc(OC)c(OC)c1OC.I. The molecule has 2 N–H and O–H groups in total. The van der Waals surface area contributed by atoms with E-state index in [0.717, 1.165) is 36.7 Å². The maximum absolute atomic E-state index is 5.98. The lowest BCUT2D eigenvalue weighted by atomic mass is 10.1. The monoisotopic (exact) mass is 541 g/mol. The van der Waals surface area contributed by atoms with Crippen molar-refractivity contribution in [2.75, 3.05) is 41.0 Å². The van der Waals surface area contributed by atoms with Gasteiger partial charge in [0.05, 0.1) is 27.9 Å². The molecule has 1 unspecified atom stereocenters. The van der Waals surface area contributed by atoms with Gasteiger partial charge in [-0.3, -0.25) is 0 Å². The Morgan fingerprint density at radius 1 is 1.03 bits per heavy atom. The minimum Gasteiger partial charge on any atom is -0.493 e. The molecule has 3 rings (SSSR count). The second-order valence-electron chi connectivity index (χ2n) is 6.94. The summed E-state index contributed by atoms with van der Waals surface area (Å²) in [6.07, 6.45) is 1.71. The van der Waals surface area contributed by atoms with E-state index in [-0.39, 0.29) is 30.1 Å². The molecule has 0 fully saturated rings. The van der Waals surface area contributed by atoms with E-state index >= 15 is 0 Å². The van der Waals surface area contributed by atoms with E-state index in [1.165, 1.54) is 5.56 Å². The number of ether oxygens (including phenoxy) is 4. The average molecular weight is 541 g/mol. The highest BCUT2D eigenvalue weighted by Crippen LogP contribution is 2.39. The molecular formula is C23H32IN3O4. The van der Waals surface area contributed by atoms with Gasteiger partial charge in [0, 0.05) is 25.1 Å². The van der Waals surface area contributed by atoms with Crippen molar-refractivity contribution >= 4 is 29.9 Å². The maximum Gasteiger partial charge on any atom is 0.203 e. The summed E-state index contributed by atoms with van der Waals surface area (Å²) in [5.74, 6) is 3.69. The van der Waals surface area contributed by atoms with Gasteiger partial charge in [-0.25, -0.2) is 4.99 Å². The van der Waals surface area contributed by atoms with Gasteiger partial charge in [0.15, 0.2) is 17.5 Å². The van der Waals surface area contributed by atoms with Crippen molar-refractivity contribution in [1.82, 2.24) is 10.6 Å². The minimum absolute atomic E-state index is 0. The molecule has 0 radical (unpaired) electrons. The van der Waals surface area contributed by atoms with Gasteiger partial charge in [0.25, 0.3) is 0 Å². The van der Waals surface area contributed by atoms with E-state index < -0.39 is 0 Å². The molecule has 2 aromatic carbocycles. The van der Waals surface area contributed by atoms with Crippen LogP contribution in [0, 0.1) is 0 Å². The van der Waals surface area contributed by atoms with Crippen LogP contribution < -0.4 is 29.6 Å². The third-order valence-electron chi connectivity index (χ3n) is 4.98. The summed E-state index contributed by atoms with van der Waals surface area (Å²) in [5, 5.41) is 6.68. The fraction of sp³-hybridized carbons (Fsp3) is 0.435. The molecule has 2 aromatic rings. The number of aliphatic imine (C=N–C) groups is 1. The molecule has 170 valence electrons. The smallest absolute Gasteiger partial charge is 0.203 e. The van der Waals surface area contributed by atoms with Crippen molar-refractivity contribution in [3.63, 3.8) is 0 Å². The third-order valence-corrected chi connectivity index (χ3v) is 4.98. The van der Waals surface area contributed by atoms with Crippen LogP contribution in [0.5, 0.6) is 23.0 Å². The summed E-state index contributed by atoms with van der Waals surface area (Å²) in [6, 6.07) is 12.1. The van der Waals surface area contributed by atoms with Crippen LogP contribution in [0.2, 0.25) is 0 Å². The Kier molecular flexibility index (Phi) is 10.0. The summed E-state index contributed by atoms with van der Waals surface area (Å²) in [5.41, 5.74) is 2.28. The number of nitrogens with one attached hydrogen (secondary N) is 2. The van der Waals surface area contributed by atoms with Crippen molar-refractivity contribution in [3.05, 3.63) is 47.5 Å². The number of para-hydroxylation sites is 1. The number of rotatable bonds is 9. The standard InChI is InChI=1S/C23H31N3O4.HI/c1-5-24-23(26-15-18-14-17-8-6-7-9-19(17)30-18)25-13-12-16-10-11-20(27-2)22(29-4)21(16)28-3;/h6-11,18H,5,12-15H2,1-4H3,(H2,24,25,26);1H. The first-order valence-electron chi connectivity index (χ1n) is 10.2.